The van der Waals surface area contributed by atoms with Gasteiger partial charge in [-0.3, -0.25) is 0 Å². The van der Waals surface area contributed by atoms with E-state index in [4.69, 9.17) is 11.6 Å². The molecular weight excluding hydrogens is 232 g/mol. The van der Waals surface area contributed by atoms with E-state index in [-0.39, 0.29) is 0 Å². The Labute approximate surface area is 109 Å². The maximum absolute atomic E-state index is 5.91. The number of rotatable bonds is 3. The zero-order valence-corrected chi connectivity index (χ0v) is 11.4. The molecule has 0 radical (unpaired) electrons. The lowest BCUT2D eigenvalue weighted by Crippen LogP contribution is -2.39. The maximum atomic E-state index is 5.91. The van der Waals surface area contributed by atoms with Gasteiger partial charge in [0.25, 0.3) is 0 Å². The lowest BCUT2D eigenvalue weighted by Gasteiger charge is -2.36. The Morgan fingerprint density at radius 3 is 2.24 bits per heavy atom. The number of hydrogen-bond donors (Lipinski definition) is 1. The molecule has 0 atom stereocenters. The van der Waals surface area contributed by atoms with Crippen molar-refractivity contribution in [3.05, 3.63) is 29.3 Å². The molecule has 2 rings (SSSR count). The molecule has 1 aromatic rings. The fraction of sp³-hybridized carbons (Fsp3) is 0.571. The number of nitrogens with one attached hydrogen (secondary N) is 1. The van der Waals surface area contributed by atoms with E-state index in [1.807, 2.05) is 12.1 Å². The maximum Gasteiger partial charge on any atom is 0.0407 e. The molecule has 3 heteroatoms. The largest absolute Gasteiger partial charge is 0.372 e. The average Bonchev–Trinajstić information content (AvgIpc) is 2.39. The standard InChI is InChI=1S/C14H21ClN2/c1-16-12-5-9-14(10-6-12)17(2)13-7-3-11(15)4-8-13/h3-4,7-8,12,14,16H,5-6,9-10H2,1-2H3. The van der Waals surface area contributed by atoms with Crippen molar-refractivity contribution >= 4 is 17.3 Å². The Morgan fingerprint density at radius 2 is 1.71 bits per heavy atom. The van der Waals surface area contributed by atoms with Gasteiger partial charge in [-0.1, -0.05) is 11.6 Å². The third kappa shape index (κ3) is 3.14. The van der Waals surface area contributed by atoms with Crippen LogP contribution in [0.5, 0.6) is 0 Å². The van der Waals surface area contributed by atoms with Gasteiger partial charge in [0.1, 0.15) is 0 Å². The van der Waals surface area contributed by atoms with Gasteiger partial charge in [-0.15, -0.1) is 0 Å². The molecule has 1 aromatic carbocycles. The Bertz CT molecular complexity index is 342. The van der Waals surface area contributed by atoms with E-state index >= 15 is 0 Å². The van der Waals surface area contributed by atoms with Crippen LogP contribution in [0.3, 0.4) is 0 Å². The van der Waals surface area contributed by atoms with Crippen molar-refractivity contribution in [3.8, 4) is 0 Å². The summed E-state index contributed by atoms with van der Waals surface area (Å²) in [5, 5.41) is 4.18. The Kier molecular flexibility index (Phi) is 4.30. The van der Waals surface area contributed by atoms with Gasteiger partial charge in [0.15, 0.2) is 0 Å². The number of hydrogen-bond acceptors (Lipinski definition) is 2. The van der Waals surface area contributed by atoms with Crippen LogP contribution < -0.4 is 10.2 Å². The third-order valence-corrected chi connectivity index (χ3v) is 4.14. The molecule has 0 amide bonds. The summed E-state index contributed by atoms with van der Waals surface area (Å²) < 4.78 is 0. The summed E-state index contributed by atoms with van der Waals surface area (Å²) in [6.45, 7) is 0. The quantitative estimate of drug-likeness (QED) is 0.888. The average molecular weight is 253 g/mol. The minimum atomic E-state index is 0.667. The summed E-state index contributed by atoms with van der Waals surface area (Å²) in [6.07, 6.45) is 5.09. The summed E-state index contributed by atoms with van der Waals surface area (Å²) in [7, 11) is 4.25. The van der Waals surface area contributed by atoms with Gasteiger partial charge in [-0.05, 0) is 57.0 Å². The zero-order valence-electron chi connectivity index (χ0n) is 10.6. The molecular formula is C14H21ClN2. The normalized spacial score (nSPS) is 24.6. The topological polar surface area (TPSA) is 15.3 Å². The third-order valence-electron chi connectivity index (χ3n) is 3.89. The fourth-order valence-corrected chi connectivity index (χ4v) is 2.76. The van der Waals surface area contributed by atoms with Crippen LogP contribution in [0.1, 0.15) is 25.7 Å². The van der Waals surface area contributed by atoms with Crippen molar-refractivity contribution in [2.24, 2.45) is 0 Å². The molecule has 1 N–H and O–H groups in total. The van der Waals surface area contributed by atoms with Crippen molar-refractivity contribution in [1.29, 1.82) is 0 Å². The van der Waals surface area contributed by atoms with Crippen molar-refractivity contribution in [2.45, 2.75) is 37.8 Å². The van der Waals surface area contributed by atoms with E-state index in [0.29, 0.717) is 12.1 Å². The molecule has 0 bridgehead atoms. The van der Waals surface area contributed by atoms with Crippen LogP contribution in [-0.4, -0.2) is 26.2 Å². The Balaban J connectivity index is 1.96. The summed E-state index contributed by atoms with van der Waals surface area (Å²) in [5.41, 5.74) is 1.27. The molecule has 1 saturated carbocycles. The van der Waals surface area contributed by atoms with Crippen LogP contribution in [-0.2, 0) is 0 Å². The predicted octanol–water partition coefficient (Wildman–Crippen LogP) is 3.31. The van der Waals surface area contributed by atoms with Gasteiger partial charge in [0.2, 0.25) is 0 Å². The van der Waals surface area contributed by atoms with Crippen LogP contribution in [0.4, 0.5) is 5.69 Å². The van der Waals surface area contributed by atoms with Crippen LogP contribution in [0, 0.1) is 0 Å². The van der Waals surface area contributed by atoms with Gasteiger partial charge in [-0.25, -0.2) is 0 Å². The van der Waals surface area contributed by atoms with E-state index in [1.165, 1.54) is 31.4 Å². The molecule has 0 spiro atoms. The number of anilines is 1. The van der Waals surface area contributed by atoms with Gasteiger partial charge >= 0.3 is 0 Å². The molecule has 0 saturated heterocycles. The van der Waals surface area contributed by atoms with E-state index in [2.05, 4.69) is 36.4 Å². The lowest BCUT2D eigenvalue weighted by molar-refractivity contribution is 0.351. The van der Waals surface area contributed by atoms with Crippen LogP contribution in [0.25, 0.3) is 0 Å². The first-order valence-corrected chi connectivity index (χ1v) is 6.74. The van der Waals surface area contributed by atoms with Crippen molar-refractivity contribution in [1.82, 2.24) is 5.32 Å². The minimum Gasteiger partial charge on any atom is -0.372 e. The number of benzene rings is 1. The highest BCUT2D eigenvalue weighted by atomic mass is 35.5. The molecule has 1 fully saturated rings. The number of halogens is 1. The second kappa shape index (κ2) is 5.74. The van der Waals surface area contributed by atoms with Gasteiger partial charge in [0.05, 0.1) is 0 Å². The van der Waals surface area contributed by atoms with E-state index in [1.54, 1.807) is 0 Å². The lowest BCUT2D eigenvalue weighted by atomic mass is 9.90. The molecule has 2 nitrogen and oxygen atoms in total. The molecule has 0 aromatic heterocycles. The van der Waals surface area contributed by atoms with Crippen LogP contribution >= 0.6 is 11.6 Å². The minimum absolute atomic E-state index is 0.667. The van der Waals surface area contributed by atoms with E-state index < -0.39 is 0 Å². The summed E-state index contributed by atoms with van der Waals surface area (Å²) in [4.78, 5) is 2.39. The van der Waals surface area contributed by atoms with Crippen LogP contribution in [0.2, 0.25) is 5.02 Å². The summed E-state index contributed by atoms with van der Waals surface area (Å²) in [6, 6.07) is 9.52. The van der Waals surface area contributed by atoms with Crippen molar-refractivity contribution in [3.63, 3.8) is 0 Å². The molecule has 0 unspecified atom stereocenters. The van der Waals surface area contributed by atoms with Crippen LogP contribution in [0.15, 0.2) is 24.3 Å². The first-order chi connectivity index (χ1) is 8.20. The second-order valence-electron chi connectivity index (χ2n) is 4.88. The van der Waals surface area contributed by atoms with E-state index in [9.17, 15) is 0 Å². The smallest absolute Gasteiger partial charge is 0.0407 e. The fourth-order valence-electron chi connectivity index (χ4n) is 2.64. The van der Waals surface area contributed by atoms with Gasteiger partial charge in [0, 0.05) is 29.8 Å². The SMILES string of the molecule is CNC1CCC(N(C)c2ccc(Cl)cc2)CC1. The number of nitrogens with zero attached hydrogens (tertiary/aromatic N) is 1. The molecule has 0 aliphatic heterocycles. The first kappa shape index (κ1) is 12.7. The molecule has 94 valence electrons. The summed E-state index contributed by atoms with van der Waals surface area (Å²) >= 11 is 5.91. The van der Waals surface area contributed by atoms with E-state index in [0.717, 1.165) is 5.02 Å². The van der Waals surface area contributed by atoms with Gasteiger partial charge < -0.3 is 10.2 Å². The Hall–Kier alpha value is -0.730. The molecule has 1 aliphatic rings. The molecule has 0 heterocycles. The first-order valence-electron chi connectivity index (χ1n) is 6.36. The van der Waals surface area contributed by atoms with Gasteiger partial charge in [-0.2, -0.15) is 0 Å². The highest BCUT2D eigenvalue weighted by molar-refractivity contribution is 6.30. The molecule has 1 aliphatic carbocycles. The van der Waals surface area contributed by atoms with Crippen molar-refractivity contribution in [2.75, 3.05) is 19.0 Å². The second-order valence-corrected chi connectivity index (χ2v) is 5.32. The molecule has 17 heavy (non-hydrogen) atoms. The highest BCUT2D eigenvalue weighted by Gasteiger charge is 2.23. The zero-order chi connectivity index (χ0) is 12.3. The van der Waals surface area contributed by atoms with Crippen molar-refractivity contribution < 1.29 is 0 Å². The predicted molar refractivity (Wildman–Crippen MR) is 75.0 cm³/mol. The monoisotopic (exact) mass is 252 g/mol. The highest BCUT2D eigenvalue weighted by Crippen LogP contribution is 2.27. The Morgan fingerprint density at radius 1 is 1.12 bits per heavy atom. The summed E-state index contributed by atoms with van der Waals surface area (Å²) in [5.74, 6) is 0.